The van der Waals surface area contributed by atoms with Crippen LogP contribution in [0.2, 0.25) is 0 Å². The first-order valence-corrected chi connectivity index (χ1v) is 10.0. The van der Waals surface area contributed by atoms with Crippen LogP contribution in [-0.4, -0.2) is 75.4 Å². The van der Waals surface area contributed by atoms with Crippen LogP contribution in [0.3, 0.4) is 0 Å². The van der Waals surface area contributed by atoms with Gasteiger partial charge in [-0.2, -0.15) is 0 Å². The Labute approximate surface area is 160 Å². The van der Waals surface area contributed by atoms with E-state index in [0.29, 0.717) is 12.3 Å². The highest BCUT2D eigenvalue weighted by Gasteiger charge is 2.24. The van der Waals surface area contributed by atoms with Crippen LogP contribution in [0.25, 0.3) is 0 Å². The molecule has 1 fully saturated rings. The quantitative estimate of drug-likeness (QED) is 0.387. The number of aromatic hydroxyl groups is 1. The number of piperidine rings is 1. The Bertz CT molecular complexity index is 688. The number of para-hydroxylation sites is 2. The first-order valence-electron chi connectivity index (χ1n) is 8.68. The van der Waals surface area contributed by atoms with Gasteiger partial charge in [0.05, 0.1) is 40.3 Å². The number of ether oxygens (including phenoxy) is 1. The van der Waals surface area contributed by atoms with Gasteiger partial charge in [-0.25, -0.2) is 8.42 Å². The van der Waals surface area contributed by atoms with Crippen molar-refractivity contribution in [3.63, 3.8) is 0 Å². The average molecular weight is 404 g/mol. The zero-order valence-corrected chi connectivity index (χ0v) is 16.5. The predicted molar refractivity (Wildman–Crippen MR) is 98.0 cm³/mol. The summed E-state index contributed by atoms with van der Waals surface area (Å²) in [5, 5.41) is 12.4. The smallest absolute Gasteiger partial charge is 0.258 e. The Balaban J connectivity index is 0.000000527. The third-order valence-corrected chi connectivity index (χ3v) is 4.71. The number of hydrogen-bond donors (Lipinski definition) is 2. The van der Waals surface area contributed by atoms with Crippen molar-refractivity contribution >= 4 is 16.3 Å². The maximum absolute atomic E-state index is 11.7. The molecule has 1 aromatic carbocycles. The third kappa shape index (κ3) is 10.1. The van der Waals surface area contributed by atoms with Crippen molar-refractivity contribution in [3.05, 3.63) is 24.3 Å². The predicted octanol–water partition coefficient (Wildman–Crippen LogP) is 0.611. The highest BCUT2D eigenvalue weighted by atomic mass is 32.3. The topological polar surface area (TPSA) is 125 Å². The van der Waals surface area contributed by atoms with Gasteiger partial charge in [0.2, 0.25) is 10.4 Å². The van der Waals surface area contributed by atoms with Gasteiger partial charge in [-0.3, -0.25) is 8.98 Å². The summed E-state index contributed by atoms with van der Waals surface area (Å²) in [7, 11) is -1.35. The van der Waals surface area contributed by atoms with Crippen LogP contribution in [0.15, 0.2) is 24.3 Å². The van der Waals surface area contributed by atoms with E-state index in [-0.39, 0.29) is 18.3 Å². The first-order chi connectivity index (χ1) is 12.7. The van der Waals surface area contributed by atoms with Gasteiger partial charge >= 0.3 is 0 Å². The Morgan fingerprint density at radius 3 is 2.41 bits per heavy atom. The number of likely N-dealkylation sites (N-methyl/N-ethyl adjacent to an activating group) is 1. The van der Waals surface area contributed by atoms with E-state index in [1.54, 1.807) is 18.2 Å². The zero-order chi connectivity index (χ0) is 20.3. The highest BCUT2D eigenvalue weighted by molar-refractivity contribution is 7.80. The minimum atomic E-state index is -4.41. The van der Waals surface area contributed by atoms with Gasteiger partial charge < -0.3 is 24.2 Å². The summed E-state index contributed by atoms with van der Waals surface area (Å²) < 4.78 is 37.4. The van der Waals surface area contributed by atoms with E-state index in [4.69, 9.17) is 4.74 Å². The standard InChI is InChI=1S/C16H24N2O3.CH4O4S/c1-18(10-5-2-6-11-18)12-9-17-16(20)13-21-15-8-4-3-7-14(15)19;1-5-6(2,3)4/h3-4,7-8H,2,5-6,9-13H2,1H3,(H-,17,19,20);1H3,(H,2,3,4). The summed E-state index contributed by atoms with van der Waals surface area (Å²) in [5.41, 5.74) is 0. The normalized spacial score (nSPS) is 16.0. The number of carbonyl (C=O) groups excluding carboxylic acids is 1. The van der Waals surface area contributed by atoms with Crippen LogP contribution in [0.4, 0.5) is 0 Å². The summed E-state index contributed by atoms with van der Waals surface area (Å²) in [4.78, 5) is 11.7. The molecule has 0 spiro atoms. The fraction of sp³-hybridized carbons (Fsp3) is 0.588. The number of phenolic OH excluding ortho intramolecular Hbond substituents is 1. The van der Waals surface area contributed by atoms with Crippen molar-refractivity contribution in [2.75, 3.05) is 46.9 Å². The van der Waals surface area contributed by atoms with E-state index >= 15 is 0 Å². The molecule has 1 saturated heterocycles. The lowest BCUT2D eigenvalue weighted by molar-refractivity contribution is -0.912. The Morgan fingerprint density at radius 1 is 1.26 bits per heavy atom. The largest absolute Gasteiger partial charge is 0.726 e. The SMILES string of the molecule is COS(=O)(=O)[O-].C[N+]1(CCNC(=O)COc2ccccc2O)CCCCC1. The van der Waals surface area contributed by atoms with Crippen LogP contribution < -0.4 is 10.1 Å². The van der Waals surface area contributed by atoms with Crippen LogP contribution in [-0.2, 0) is 19.4 Å². The van der Waals surface area contributed by atoms with E-state index in [2.05, 4.69) is 16.5 Å². The van der Waals surface area contributed by atoms with Crippen LogP contribution in [0.1, 0.15) is 19.3 Å². The lowest BCUT2D eigenvalue weighted by Crippen LogP contribution is -2.51. The molecule has 1 heterocycles. The summed E-state index contributed by atoms with van der Waals surface area (Å²) in [6.45, 7) is 3.96. The maximum atomic E-state index is 11.7. The second-order valence-electron chi connectivity index (χ2n) is 6.53. The first kappa shape index (κ1) is 23.2. The Hall–Kier alpha value is -1.88. The number of nitrogens with zero attached hydrogens (tertiary/aromatic N) is 1. The number of amides is 1. The molecule has 0 saturated carbocycles. The van der Waals surface area contributed by atoms with Crippen molar-refractivity contribution in [1.29, 1.82) is 0 Å². The molecule has 1 amide bonds. The van der Waals surface area contributed by atoms with Crippen LogP contribution >= 0.6 is 0 Å². The number of quaternary nitrogens is 1. The van der Waals surface area contributed by atoms with Gasteiger partial charge in [0.15, 0.2) is 18.1 Å². The number of rotatable bonds is 7. The van der Waals surface area contributed by atoms with Gasteiger partial charge in [0.25, 0.3) is 5.91 Å². The van der Waals surface area contributed by atoms with E-state index in [1.165, 1.54) is 38.4 Å². The lowest BCUT2D eigenvalue weighted by atomic mass is 10.1. The third-order valence-electron chi connectivity index (χ3n) is 4.30. The molecule has 1 aromatic rings. The lowest BCUT2D eigenvalue weighted by Gasteiger charge is -2.37. The van der Waals surface area contributed by atoms with Gasteiger partial charge in [0, 0.05) is 0 Å². The second-order valence-corrected chi connectivity index (χ2v) is 7.68. The molecule has 0 radical (unpaired) electrons. The minimum absolute atomic E-state index is 0.0525. The summed E-state index contributed by atoms with van der Waals surface area (Å²) >= 11 is 0. The molecule has 0 aliphatic carbocycles. The van der Waals surface area contributed by atoms with Crippen molar-refractivity contribution in [2.24, 2.45) is 0 Å². The van der Waals surface area contributed by atoms with Gasteiger partial charge in [-0.1, -0.05) is 12.1 Å². The van der Waals surface area contributed by atoms with Crippen molar-refractivity contribution in [3.8, 4) is 11.5 Å². The van der Waals surface area contributed by atoms with Crippen molar-refractivity contribution in [1.82, 2.24) is 5.32 Å². The van der Waals surface area contributed by atoms with E-state index < -0.39 is 10.4 Å². The molecular weight excluding hydrogens is 376 g/mol. The van der Waals surface area contributed by atoms with Crippen LogP contribution in [0, 0.1) is 0 Å². The summed E-state index contributed by atoms with van der Waals surface area (Å²) in [5.74, 6) is 0.237. The fourth-order valence-electron chi connectivity index (χ4n) is 2.74. The number of carbonyl (C=O) groups is 1. The number of benzene rings is 1. The maximum Gasteiger partial charge on any atom is 0.258 e. The van der Waals surface area contributed by atoms with Crippen molar-refractivity contribution < 1.29 is 36.3 Å². The van der Waals surface area contributed by atoms with Gasteiger partial charge in [-0.05, 0) is 31.4 Å². The molecule has 154 valence electrons. The second kappa shape index (κ2) is 11.1. The summed E-state index contributed by atoms with van der Waals surface area (Å²) in [6, 6.07) is 6.65. The molecular formula is C17H28N2O7S. The molecule has 10 heteroatoms. The summed E-state index contributed by atoms with van der Waals surface area (Å²) in [6.07, 6.45) is 3.89. The van der Waals surface area contributed by atoms with E-state index in [0.717, 1.165) is 18.1 Å². The van der Waals surface area contributed by atoms with Crippen molar-refractivity contribution in [2.45, 2.75) is 19.3 Å². The number of nitrogens with one attached hydrogen (secondary N) is 1. The molecule has 0 bridgehead atoms. The molecule has 2 N–H and O–H groups in total. The molecule has 2 rings (SSSR count). The molecule has 27 heavy (non-hydrogen) atoms. The number of likely N-dealkylation sites (tertiary alicyclic amines) is 1. The molecule has 0 unspecified atom stereocenters. The van der Waals surface area contributed by atoms with Crippen LogP contribution in [0.5, 0.6) is 11.5 Å². The highest BCUT2D eigenvalue weighted by Crippen LogP contribution is 2.23. The van der Waals surface area contributed by atoms with Gasteiger partial charge in [0.1, 0.15) is 0 Å². The van der Waals surface area contributed by atoms with E-state index in [1.807, 2.05) is 0 Å². The average Bonchev–Trinajstić information content (AvgIpc) is 2.61. The number of hydrogen-bond acceptors (Lipinski definition) is 7. The molecule has 1 aliphatic rings. The van der Waals surface area contributed by atoms with Gasteiger partial charge in [-0.15, -0.1) is 0 Å². The fourth-order valence-corrected chi connectivity index (χ4v) is 2.74. The zero-order valence-electron chi connectivity index (χ0n) is 15.7. The molecule has 0 aromatic heterocycles. The molecule has 0 atom stereocenters. The Morgan fingerprint density at radius 2 is 1.85 bits per heavy atom. The Kier molecular flexibility index (Phi) is 9.50. The monoisotopic (exact) mass is 404 g/mol. The molecule has 9 nitrogen and oxygen atoms in total. The number of phenols is 1. The minimum Gasteiger partial charge on any atom is -0.726 e. The molecule has 1 aliphatic heterocycles. The van der Waals surface area contributed by atoms with E-state index in [9.17, 15) is 22.9 Å².